The van der Waals surface area contributed by atoms with Gasteiger partial charge in [0.05, 0.1) is 5.92 Å². The Morgan fingerprint density at radius 3 is 2.71 bits per heavy atom. The highest BCUT2D eigenvalue weighted by Crippen LogP contribution is 2.46. The van der Waals surface area contributed by atoms with Gasteiger partial charge in [-0.25, -0.2) is 0 Å². The predicted octanol–water partition coefficient (Wildman–Crippen LogP) is 2.94. The molecule has 2 rings (SSSR count). The average Bonchev–Trinajstić information content (AvgIpc) is 2.28. The van der Waals surface area contributed by atoms with E-state index in [4.69, 9.17) is 4.74 Å². The van der Waals surface area contributed by atoms with Gasteiger partial charge in [0.1, 0.15) is 0 Å². The molecule has 2 aliphatic rings. The van der Waals surface area contributed by atoms with Crippen molar-refractivity contribution in [2.45, 2.75) is 46.0 Å². The topological polar surface area (TPSA) is 46.5 Å². The number of hydrogen-bond donors (Lipinski definition) is 1. The fourth-order valence-corrected chi connectivity index (χ4v) is 3.55. The monoisotopic (exact) mass is 240 g/mol. The summed E-state index contributed by atoms with van der Waals surface area (Å²) in [6.45, 7) is 6.15. The Morgan fingerprint density at radius 1 is 1.35 bits per heavy atom. The van der Waals surface area contributed by atoms with Gasteiger partial charge in [0.25, 0.3) is 0 Å². The van der Waals surface area contributed by atoms with Gasteiger partial charge in [-0.05, 0) is 49.4 Å². The number of ether oxygens (including phenoxy) is 1. The maximum Gasteiger partial charge on any atom is 0.306 e. The third-order valence-electron chi connectivity index (χ3n) is 4.56. The lowest BCUT2D eigenvalue weighted by Gasteiger charge is -2.43. The van der Waals surface area contributed by atoms with Gasteiger partial charge in [-0.3, -0.25) is 4.79 Å². The summed E-state index contributed by atoms with van der Waals surface area (Å²) < 4.78 is 5.54. The first-order valence-electron chi connectivity index (χ1n) is 6.80. The number of hydrogen-bond acceptors (Lipinski definition) is 2. The van der Waals surface area contributed by atoms with E-state index in [-0.39, 0.29) is 5.92 Å². The highest BCUT2D eigenvalue weighted by Gasteiger charge is 2.42. The van der Waals surface area contributed by atoms with E-state index in [0.717, 1.165) is 45.3 Å². The molecule has 2 fully saturated rings. The van der Waals surface area contributed by atoms with E-state index in [9.17, 15) is 9.90 Å². The Morgan fingerprint density at radius 2 is 2.12 bits per heavy atom. The lowest BCUT2D eigenvalue weighted by molar-refractivity contribution is -0.148. The summed E-state index contributed by atoms with van der Waals surface area (Å²) in [5.41, 5.74) is 0.300. The minimum absolute atomic E-state index is 0.144. The van der Waals surface area contributed by atoms with Gasteiger partial charge in [-0.15, -0.1) is 0 Å². The van der Waals surface area contributed by atoms with Crippen molar-refractivity contribution < 1.29 is 14.6 Å². The molecule has 1 aliphatic heterocycles. The minimum Gasteiger partial charge on any atom is -0.481 e. The van der Waals surface area contributed by atoms with Crippen LogP contribution >= 0.6 is 0 Å². The molecule has 1 saturated carbocycles. The molecule has 0 radical (unpaired) electrons. The summed E-state index contributed by atoms with van der Waals surface area (Å²) >= 11 is 0. The van der Waals surface area contributed by atoms with Crippen LogP contribution in [0.2, 0.25) is 0 Å². The van der Waals surface area contributed by atoms with Crippen molar-refractivity contribution in [1.29, 1.82) is 0 Å². The molecule has 0 amide bonds. The maximum absolute atomic E-state index is 11.4. The molecule has 3 nitrogen and oxygen atoms in total. The summed E-state index contributed by atoms with van der Waals surface area (Å²) in [7, 11) is 0. The second kappa shape index (κ2) is 4.97. The van der Waals surface area contributed by atoms with Crippen LogP contribution in [-0.4, -0.2) is 24.3 Å². The summed E-state index contributed by atoms with van der Waals surface area (Å²) in [4.78, 5) is 11.4. The van der Waals surface area contributed by atoms with Crippen molar-refractivity contribution in [2.24, 2.45) is 23.2 Å². The zero-order chi connectivity index (χ0) is 12.5. The highest BCUT2D eigenvalue weighted by molar-refractivity contribution is 5.70. The molecule has 0 bridgehead atoms. The number of carboxylic acid groups (broad SMARTS) is 1. The zero-order valence-electron chi connectivity index (χ0n) is 10.9. The van der Waals surface area contributed by atoms with Gasteiger partial charge in [0, 0.05) is 13.2 Å². The average molecular weight is 240 g/mol. The molecule has 3 unspecified atom stereocenters. The van der Waals surface area contributed by atoms with E-state index >= 15 is 0 Å². The van der Waals surface area contributed by atoms with Crippen molar-refractivity contribution >= 4 is 5.97 Å². The van der Waals surface area contributed by atoms with Gasteiger partial charge < -0.3 is 9.84 Å². The Balaban J connectivity index is 2.09. The van der Waals surface area contributed by atoms with E-state index in [0.29, 0.717) is 17.3 Å². The van der Waals surface area contributed by atoms with Crippen molar-refractivity contribution in [3.63, 3.8) is 0 Å². The first-order valence-corrected chi connectivity index (χ1v) is 6.80. The van der Waals surface area contributed by atoms with Crippen LogP contribution in [0.25, 0.3) is 0 Å². The van der Waals surface area contributed by atoms with Crippen LogP contribution in [0.1, 0.15) is 46.0 Å². The SMILES string of the molecule is CC1(C)CCC(C(=O)O)C(C2CCCOC2)C1. The number of rotatable bonds is 2. The van der Waals surface area contributed by atoms with Crippen LogP contribution in [0.15, 0.2) is 0 Å². The Hall–Kier alpha value is -0.570. The lowest BCUT2D eigenvalue weighted by Crippen LogP contribution is -2.40. The fraction of sp³-hybridized carbons (Fsp3) is 0.929. The molecule has 0 spiro atoms. The molecule has 0 aromatic rings. The molecule has 1 aliphatic carbocycles. The Kier molecular flexibility index (Phi) is 3.76. The molecule has 1 saturated heterocycles. The Bertz CT molecular complexity index is 279. The van der Waals surface area contributed by atoms with Crippen molar-refractivity contribution in [1.82, 2.24) is 0 Å². The first-order chi connectivity index (χ1) is 7.99. The van der Waals surface area contributed by atoms with Crippen LogP contribution in [0.4, 0.5) is 0 Å². The molecule has 3 atom stereocenters. The molecule has 17 heavy (non-hydrogen) atoms. The fourth-order valence-electron chi connectivity index (χ4n) is 3.55. The smallest absolute Gasteiger partial charge is 0.306 e. The largest absolute Gasteiger partial charge is 0.481 e. The predicted molar refractivity (Wildman–Crippen MR) is 65.8 cm³/mol. The summed E-state index contributed by atoms with van der Waals surface area (Å²) in [5, 5.41) is 9.37. The zero-order valence-corrected chi connectivity index (χ0v) is 10.9. The molecule has 0 aromatic carbocycles. The molecule has 1 heterocycles. The number of aliphatic carboxylic acids is 1. The van der Waals surface area contributed by atoms with Crippen LogP contribution in [0.5, 0.6) is 0 Å². The van der Waals surface area contributed by atoms with E-state index in [2.05, 4.69) is 13.8 Å². The molecule has 98 valence electrons. The summed E-state index contributed by atoms with van der Waals surface area (Å²) in [6, 6.07) is 0. The summed E-state index contributed by atoms with van der Waals surface area (Å²) in [6.07, 6.45) is 5.15. The second-order valence-electron chi connectivity index (χ2n) is 6.49. The van der Waals surface area contributed by atoms with E-state index in [1.54, 1.807) is 0 Å². The number of carbonyl (C=O) groups is 1. The van der Waals surface area contributed by atoms with Crippen molar-refractivity contribution in [3.05, 3.63) is 0 Å². The number of carboxylic acids is 1. The normalized spacial score (nSPS) is 37.6. The summed E-state index contributed by atoms with van der Waals surface area (Å²) in [5.74, 6) is 0.0340. The second-order valence-corrected chi connectivity index (χ2v) is 6.49. The van der Waals surface area contributed by atoms with Crippen LogP contribution < -0.4 is 0 Å². The Labute approximate surface area is 104 Å². The molecular weight excluding hydrogens is 216 g/mol. The van der Waals surface area contributed by atoms with E-state index < -0.39 is 5.97 Å². The van der Waals surface area contributed by atoms with Gasteiger partial charge in [-0.2, -0.15) is 0 Å². The maximum atomic E-state index is 11.4. The highest BCUT2D eigenvalue weighted by atomic mass is 16.5. The quantitative estimate of drug-likeness (QED) is 0.807. The van der Waals surface area contributed by atoms with Gasteiger partial charge in [0.2, 0.25) is 0 Å². The lowest BCUT2D eigenvalue weighted by atomic mass is 9.62. The van der Waals surface area contributed by atoms with Crippen molar-refractivity contribution in [2.75, 3.05) is 13.2 Å². The van der Waals surface area contributed by atoms with Gasteiger partial charge in [-0.1, -0.05) is 13.8 Å². The van der Waals surface area contributed by atoms with Crippen molar-refractivity contribution in [3.8, 4) is 0 Å². The first kappa shape index (κ1) is 12.9. The van der Waals surface area contributed by atoms with Crippen LogP contribution in [0, 0.1) is 23.2 Å². The third-order valence-corrected chi connectivity index (χ3v) is 4.56. The van der Waals surface area contributed by atoms with Gasteiger partial charge >= 0.3 is 5.97 Å². The molecular formula is C14H24O3. The minimum atomic E-state index is -0.601. The standard InChI is InChI=1S/C14H24O3/c1-14(2)6-5-11(13(15)16)12(8-14)10-4-3-7-17-9-10/h10-12H,3-9H2,1-2H3,(H,15,16). The van der Waals surface area contributed by atoms with E-state index in [1.165, 1.54) is 0 Å². The molecule has 1 N–H and O–H groups in total. The van der Waals surface area contributed by atoms with Crippen LogP contribution in [-0.2, 0) is 9.53 Å². The molecule has 3 heteroatoms. The van der Waals surface area contributed by atoms with Gasteiger partial charge in [0.15, 0.2) is 0 Å². The third kappa shape index (κ3) is 3.01. The van der Waals surface area contributed by atoms with E-state index in [1.807, 2.05) is 0 Å². The van der Waals surface area contributed by atoms with Crippen LogP contribution in [0.3, 0.4) is 0 Å². The molecule has 0 aromatic heterocycles.